The van der Waals surface area contributed by atoms with E-state index in [0.717, 1.165) is 17.7 Å². The smallest absolute Gasteiger partial charge is 0.228 e. The predicted octanol–water partition coefficient (Wildman–Crippen LogP) is 3.94. The van der Waals surface area contributed by atoms with Crippen LogP contribution in [0, 0.1) is 5.82 Å². The molecule has 3 aromatic rings. The first-order chi connectivity index (χ1) is 16.1. The number of amides is 1. The van der Waals surface area contributed by atoms with Crippen LogP contribution in [0.4, 0.5) is 21.8 Å². The van der Waals surface area contributed by atoms with E-state index in [1.807, 2.05) is 32.9 Å². The van der Waals surface area contributed by atoms with E-state index in [2.05, 4.69) is 20.3 Å². The van der Waals surface area contributed by atoms with Crippen LogP contribution in [-0.4, -0.2) is 39.5 Å². The van der Waals surface area contributed by atoms with Gasteiger partial charge in [0.1, 0.15) is 5.82 Å². The molecule has 1 atom stereocenters. The Hall–Kier alpha value is -3.59. The summed E-state index contributed by atoms with van der Waals surface area (Å²) in [4.78, 5) is 27.4. The van der Waals surface area contributed by atoms with E-state index in [9.17, 15) is 9.18 Å². The number of carbonyl (C=O) groups is 1. The van der Waals surface area contributed by atoms with Crippen molar-refractivity contribution >= 4 is 23.4 Å². The van der Waals surface area contributed by atoms with Crippen molar-refractivity contribution in [3.05, 3.63) is 54.1 Å². The zero-order valence-corrected chi connectivity index (χ0v) is 19.4. The summed E-state index contributed by atoms with van der Waals surface area (Å²) in [5.74, 6) is 0.773. The standard InChI is InChI=1S/C25H27FN6O2/c1-24(2)14-34-22-17(24)10-15(11-18(22)26)19-6-8-28-23(30-19)31-20-5-4-16(13-29-20)32-9-7-25(3,27)12-21(32)33/h4-6,8,10-11,13H,7,9,12,14,27H2,1-3H3,(H,28,29,30,31). The van der Waals surface area contributed by atoms with Gasteiger partial charge in [-0.25, -0.2) is 19.3 Å². The number of nitrogens with zero attached hydrogens (tertiary/aromatic N) is 4. The Kier molecular flexibility index (Phi) is 5.24. The number of hydrogen-bond acceptors (Lipinski definition) is 7. The molecule has 1 aromatic carbocycles. The molecule has 2 aliphatic heterocycles. The number of halogens is 1. The quantitative estimate of drug-likeness (QED) is 0.605. The zero-order valence-electron chi connectivity index (χ0n) is 19.4. The Morgan fingerprint density at radius 1 is 1.18 bits per heavy atom. The van der Waals surface area contributed by atoms with Crippen molar-refractivity contribution in [2.45, 2.75) is 44.6 Å². The Morgan fingerprint density at radius 2 is 2.00 bits per heavy atom. The molecule has 5 rings (SSSR count). The van der Waals surface area contributed by atoms with Gasteiger partial charge < -0.3 is 20.7 Å². The molecule has 0 radical (unpaired) electrons. The van der Waals surface area contributed by atoms with Gasteiger partial charge in [0, 0.05) is 41.2 Å². The number of piperidine rings is 1. The zero-order chi connectivity index (χ0) is 24.1. The summed E-state index contributed by atoms with van der Waals surface area (Å²) in [5.41, 5.74) is 8.16. The minimum atomic E-state index is -0.463. The first-order valence-corrected chi connectivity index (χ1v) is 11.2. The van der Waals surface area contributed by atoms with Crippen molar-refractivity contribution < 1.29 is 13.9 Å². The van der Waals surface area contributed by atoms with E-state index in [1.54, 1.807) is 29.4 Å². The fourth-order valence-corrected chi connectivity index (χ4v) is 4.33. The van der Waals surface area contributed by atoms with Crippen molar-refractivity contribution in [1.29, 1.82) is 0 Å². The fourth-order valence-electron chi connectivity index (χ4n) is 4.33. The maximum atomic E-state index is 14.7. The van der Waals surface area contributed by atoms with Crippen LogP contribution in [-0.2, 0) is 10.2 Å². The molecule has 1 fully saturated rings. The number of anilines is 3. The molecule has 34 heavy (non-hydrogen) atoms. The molecule has 0 bridgehead atoms. The molecule has 2 aliphatic rings. The summed E-state index contributed by atoms with van der Waals surface area (Å²) in [6.45, 7) is 6.94. The van der Waals surface area contributed by atoms with Gasteiger partial charge in [-0.2, -0.15) is 0 Å². The molecule has 176 valence electrons. The van der Waals surface area contributed by atoms with E-state index in [4.69, 9.17) is 10.5 Å². The Balaban J connectivity index is 1.35. The average molecular weight is 463 g/mol. The Labute approximate surface area is 197 Å². The first kappa shape index (κ1) is 22.2. The van der Waals surface area contributed by atoms with Crippen molar-refractivity contribution in [2.75, 3.05) is 23.4 Å². The fraction of sp³-hybridized carbons (Fsp3) is 0.360. The summed E-state index contributed by atoms with van der Waals surface area (Å²) in [7, 11) is 0. The highest BCUT2D eigenvalue weighted by Gasteiger charge is 2.35. The molecule has 0 aliphatic carbocycles. The highest BCUT2D eigenvalue weighted by Crippen LogP contribution is 2.42. The van der Waals surface area contributed by atoms with Crippen LogP contribution in [0.5, 0.6) is 5.75 Å². The van der Waals surface area contributed by atoms with E-state index in [1.165, 1.54) is 6.07 Å². The largest absolute Gasteiger partial charge is 0.489 e. The number of nitrogens with one attached hydrogen (secondary N) is 1. The maximum absolute atomic E-state index is 14.7. The molecule has 0 saturated carbocycles. The van der Waals surface area contributed by atoms with Crippen molar-refractivity contribution in [3.8, 4) is 17.0 Å². The van der Waals surface area contributed by atoms with E-state index in [-0.39, 0.29) is 11.3 Å². The van der Waals surface area contributed by atoms with E-state index >= 15 is 0 Å². The topological polar surface area (TPSA) is 106 Å². The molecule has 8 nitrogen and oxygen atoms in total. The second-order valence-corrected chi connectivity index (χ2v) is 9.93. The maximum Gasteiger partial charge on any atom is 0.228 e. The van der Waals surface area contributed by atoms with Gasteiger partial charge in [-0.3, -0.25) is 4.79 Å². The highest BCUT2D eigenvalue weighted by atomic mass is 19.1. The third kappa shape index (κ3) is 4.19. The van der Waals surface area contributed by atoms with Crippen LogP contribution in [0.15, 0.2) is 42.7 Å². The van der Waals surface area contributed by atoms with Gasteiger partial charge in [-0.1, -0.05) is 13.8 Å². The van der Waals surface area contributed by atoms with Gasteiger partial charge in [0.05, 0.1) is 24.2 Å². The normalized spacial score (nSPS) is 21.2. The molecule has 4 heterocycles. The molecule has 1 amide bonds. The summed E-state index contributed by atoms with van der Waals surface area (Å²) in [6, 6.07) is 8.69. The molecule has 1 unspecified atom stereocenters. The van der Waals surface area contributed by atoms with Crippen LogP contribution in [0.3, 0.4) is 0 Å². The van der Waals surface area contributed by atoms with E-state index < -0.39 is 11.4 Å². The number of pyridine rings is 1. The van der Waals surface area contributed by atoms with Crippen LogP contribution in [0.1, 0.15) is 39.2 Å². The number of hydrogen-bond donors (Lipinski definition) is 2. The number of fused-ring (bicyclic) bond motifs is 1. The molecular weight excluding hydrogens is 435 g/mol. The van der Waals surface area contributed by atoms with E-state index in [0.29, 0.717) is 48.3 Å². The SMILES string of the molecule is CC1(N)CCN(c2ccc(Nc3nccc(-c4cc(F)c5c(c4)C(C)(C)CO5)n3)nc2)C(=O)C1. The number of aromatic nitrogens is 3. The number of rotatable bonds is 4. The second kappa shape index (κ2) is 8.02. The molecular formula is C25H27FN6O2. The lowest BCUT2D eigenvalue weighted by molar-refractivity contribution is -0.120. The minimum absolute atomic E-state index is 0.00931. The average Bonchev–Trinajstić information content (AvgIpc) is 3.09. The molecule has 3 N–H and O–H groups in total. The third-order valence-electron chi connectivity index (χ3n) is 6.36. The summed E-state index contributed by atoms with van der Waals surface area (Å²) < 4.78 is 20.2. The Bertz CT molecular complexity index is 1260. The summed E-state index contributed by atoms with van der Waals surface area (Å²) >= 11 is 0. The van der Waals surface area contributed by atoms with Crippen LogP contribution in [0.2, 0.25) is 0 Å². The van der Waals surface area contributed by atoms with Gasteiger partial charge in [-0.15, -0.1) is 0 Å². The molecule has 2 aromatic heterocycles. The Morgan fingerprint density at radius 3 is 2.74 bits per heavy atom. The number of ether oxygens (including phenoxy) is 1. The molecule has 0 spiro atoms. The number of benzene rings is 1. The van der Waals surface area contributed by atoms with Gasteiger partial charge in [0.25, 0.3) is 0 Å². The predicted molar refractivity (Wildman–Crippen MR) is 128 cm³/mol. The van der Waals surface area contributed by atoms with Crippen molar-refractivity contribution in [1.82, 2.24) is 15.0 Å². The van der Waals surface area contributed by atoms with Gasteiger partial charge >= 0.3 is 0 Å². The van der Waals surface area contributed by atoms with Gasteiger partial charge in [0.15, 0.2) is 11.6 Å². The first-order valence-electron chi connectivity index (χ1n) is 11.2. The third-order valence-corrected chi connectivity index (χ3v) is 6.36. The number of carbonyl (C=O) groups excluding carboxylic acids is 1. The summed E-state index contributed by atoms with van der Waals surface area (Å²) in [5, 5.41) is 3.08. The molecule has 1 saturated heterocycles. The summed E-state index contributed by atoms with van der Waals surface area (Å²) in [6.07, 6.45) is 4.29. The minimum Gasteiger partial charge on any atom is -0.489 e. The van der Waals surface area contributed by atoms with Crippen molar-refractivity contribution in [2.24, 2.45) is 5.73 Å². The molecule has 9 heteroatoms. The van der Waals surface area contributed by atoms with Crippen molar-refractivity contribution in [3.63, 3.8) is 0 Å². The lowest BCUT2D eigenvalue weighted by atomic mass is 9.86. The monoisotopic (exact) mass is 462 g/mol. The van der Waals surface area contributed by atoms with Crippen LogP contribution >= 0.6 is 0 Å². The second-order valence-electron chi connectivity index (χ2n) is 9.93. The van der Waals surface area contributed by atoms with Crippen LogP contribution in [0.25, 0.3) is 11.3 Å². The highest BCUT2D eigenvalue weighted by molar-refractivity contribution is 5.94. The van der Waals surface area contributed by atoms with Gasteiger partial charge in [-0.05, 0) is 43.7 Å². The lowest BCUT2D eigenvalue weighted by Crippen LogP contribution is -2.51. The lowest BCUT2D eigenvalue weighted by Gasteiger charge is -2.36. The van der Waals surface area contributed by atoms with Gasteiger partial charge in [0.2, 0.25) is 11.9 Å². The number of nitrogens with two attached hydrogens (primary N) is 1. The van der Waals surface area contributed by atoms with Crippen LogP contribution < -0.4 is 20.7 Å².